The van der Waals surface area contributed by atoms with Crippen molar-refractivity contribution >= 4 is 55.1 Å². The molecule has 1 atom stereocenters. The number of halogens is 2. The van der Waals surface area contributed by atoms with Gasteiger partial charge in [-0.1, -0.05) is 70.0 Å². The van der Waals surface area contributed by atoms with Gasteiger partial charge in [0.15, 0.2) is 0 Å². The average molecular weight is 727 g/mol. The van der Waals surface area contributed by atoms with Gasteiger partial charge in [0.2, 0.25) is 11.8 Å². The van der Waals surface area contributed by atoms with Gasteiger partial charge in [-0.05, 0) is 92.6 Å². The third-order valence-corrected chi connectivity index (χ3v) is 9.65. The highest BCUT2D eigenvalue weighted by atomic mass is 79.9. The normalized spacial score (nSPS) is 12.0. The number of ether oxygens (including phenoxy) is 1. The standard InChI is InChI=1S/C35H37BrClN3O5S/c1-4-45-31-18-16-30(17-19-31)40(46(43,44)32-20-12-28(36)13-21-32)24-34(41)39(23-27-10-14-29(37)15-11-27)33(35(42)38-25(2)3)22-26-8-6-5-7-9-26/h5-21,25,33H,4,22-24H2,1-3H3,(H,38,42)/t33-/m0/s1. The number of anilines is 1. The first kappa shape index (κ1) is 35.0. The van der Waals surface area contributed by atoms with E-state index in [9.17, 15) is 18.0 Å². The number of nitrogens with one attached hydrogen (secondary N) is 1. The quantitative estimate of drug-likeness (QED) is 0.153. The maximum absolute atomic E-state index is 14.5. The lowest BCUT2D eigenvalue weighted by Crippen LogP contribution is -2.54. The molecule has 4 aromatic carbocycles. The van der Waals surface area contributed by atoms with Crippen LogP contribution in [-0.4, -0.2) is 50.4 Å². The summed E-state index contributed by atoms with van der Waals surface area (Å²) in [7, 11) is -4.22. The molecule has 0 aliphatic carbocycles. The Balaban J connectivity index is 1.80. The van der Waals surface area contributed by atoms with Gasteiger partial charge in [-0.2, -0.15) is 0 Å². The van der Waals surface area contributed by atoms with Crippen molar-refractivity contribution in [3.05, 3.63) is 124 Å². The van der Waals surface area contributed by atoms with Crippen LogP contribution in [0.4, 0.5) is 5.69 Å². The molecular weight excluding hydrogens is 690 g/mol. The van der Waals surface area contributed by atoms with Crippen molar-refractivity contribution in [1.29, 1.82) is 0 Å². The van der Waals surface area contributed by atoms with E-state index < -0.39 is 28.5 Å². The molecule has 1 N–H and O–H groups in total. The minimum atomic E-state index is -4.22. The van der Waals surface area contributed by atoms with Gasteiger partial charge < -0.3 is 15.0 Å². The second kappa shape index (κ2) is 16.1. The Kier molecular flexibility index (Phi) is 12.3. The van der Waals surface area contributed by atoms with E-state index in [-0.39, 0.29) is 35.5 Å². The van der Waals surface area contributed by atoms with Gasteiger partial charge in [0.05, 0.1) is 17.2 Å². The molecule has 2 amide bonds. The molecule has 4 rings (SSSR count). The Morgan fingerprint density at radius 2 is 1.50 bits per heavy atom. The Morgan fingerprint density at radius 3 is 2.09 bits per heavy atom. The maximum atomic E-state index is 14.5. The molecule has 46 heavy (non-hydrogen) atoms. The average Bonchev–Trinajstić information content (AvgIpc) is 3.03. The fourth-order valence-corrected chi connectivity index (χ4v) is 6.66. The molecule has 242 valence electrons. The highest BCUT2D eigenvalue weighted by Crippen LogP contribution is 2.28. The van der Waals surface area contributed by atoms with Crippen LogP contribution in [0.1, 0.15) is 31.9 Å². The lowest BCUT2D eigenvalue weighted by molar-refractivity contribution is -0.140. The van der Waals surface area contributed by atoms with Gasteiger partial charge in [-0.3, -0.25) is 13.9 Å². The largest absolute Gasteiger partial charge is 0.494 e. The molecule has 0 saturated heterocycles. The molecule has 4 aromatic rings. The van der Waals surface area contributed by atoms with Gasteiger partial charge in [0.1, 0.15) is 18.3 Å². The number of hydrogen-bond acceptors (Lipinski definition) is 5. The van der Waals surface area contributed by atoms with Crippen LogP contribution in [0.5, 0.6) is 5.75 Å². The van der Waals surface area contributed by atoms with Crippen LogP contribution in [0, 0.1) is 0 Å². The summed E-state index contributed by atoms with van der Waals surface area (Å²) in [6.07, 6.45) is 0.223. The third kappa shape index (κ3) is 9.34. The number of nitrogens with zero attached hydrogens (tertiary/aromatic N) is 2. The summed E-state index contributed by atoms with van der Waals surface area (Å²) >= 11 is 9.50. The summed E-state index contributed by atoms with van der Waals surface area (Å²) in [6.45, 7) is 5.49. The summed E-state index contributed by atoms with van der Waals surface area (Å²) in [5.74, 6) is -0.329. The smallest absolute Gasteiger partial charge is 0.264 e. The SMILES string of the molecule is CCOc1ccc(N(CC(=O)N(Cc2ccc(Cl)cc2)[C@@H](Cc2ccccc2)C(=O)NC(C)C)S(=O)(=O)c2ccc(Br)cc2)cc1. The molecule has 8 nitrogen and oxygen atoms in total. The fraction of sp³-hybridized carbons (Fsp3) is 0.257. The molecule has 11 heteroatoms. The predicted octanol–water partition coefficient (Wildman–Crippen LogP) is 6.86. The van der Waals surface area contributed by atoms with E-state index in [0.717, 1.165) is 15.4 Å². The Labute approximate surface area is 284 Å². The molecule has 0 heterocycles. The Morgan fingerprint density at radius 1 is 0.870 bits per heavy atom. The van der Waals surface area contributed by atoms with Gasteiger partial charge >= 0.3 is 0 Å². The fourth-order valence-electron chi connectivity index (χ4n) is 4.86. The van der Waals surface area contributed by atoms with Crippen molar-refractivity contribution in [1.82, 2.24) is 10.2 Å². The zero-order valence-electron chi connectivity index (χ0n) is 25.9. The van der Waals surface area contributed by atoms with Gasteiger partial charge in [0, 0.05) is 28.5 Å². The first-order valence-electron chi connectivity index (χ1n) is 14.9. The van der Waals surface area contributed by atoms with Gasteiger partial charge in [-0.25, -0.2) is 8.42 Å². The summed E-state index contributed by atoms with van der Waals surface area (Å²) in [6, 6.07) is 28.0. The molecule has 0 radical (unpaired) electrons. The first-order valence-corrected chi connectivity index (χ1v) is 17.5. The van der Waals surface area contributed by atoms with E-state index in [2.05, 4.69) is 21.2 Å². The van der Waals surface area contributed by atoms with Crippen LogP contribution in [0.25, 0.3) is 0 Å². The minimum Gasteiger partial charge on any atom is -0.494 e. The predicted molar refractivity (Wildman–Crippen MR) is 185 cm³/mol. The number of rotatable bonds is 14. The molecule has 0 spiro atoms. The van der Waals surface area contributed by atoms with Crippen LogP contribution < -0.4 is 14.4 Å². The molecule has 0 saturated carbocycles. The zero-order valence-corrected chi connectivity index (χ0v) is 29.1. The number of carbonyl (C=O) groups is 2. The molecule has 0 unspecified atom stereocenters. The maximum Gasteiger partial charge on any atom is 0.264 e. The minimum absolute atomic E-state index is 0.0139. The van der Waals surface area contributed by atoms with Gasteiger partial charge in [0.25, 0.3) is 10.0 Å². The van der Waals surface area contributed by atoms with Crippen molar-refractivity contribution in [3.8, 4) is 5.75 Å². The van der Waals surface area contributed by atoms with Crippen LogP contribution in [0.15, 0.2) is 112 Å². The second-order valence-corrected chi connectivity index (χ2v) is 14.1. The summed E-state index contributed by atoms with van der Waals surface area (Å²) in [5.41, 5.74) is 1.86. The van der Waals surface area contributed by atoms with E-state index in [0.29, 0.717) is 21.9 Å². The first-order chi connectivity index (χ1) is 22.0. The van der Waals surface area contributed by atoms with Crippen LogP contribution >= 0.6 is 27.5 Å². The number of carbonyl (C=O) groups excluding carboxylic acids is 2. The van der Waals surface area contributed by atoms with Crippen LogP contribution in [-0.2, 0) is 32.6 Å². The monoisotopic (exact) mass is 725 g/mol. The van der Waals surface area contributed by atoms with E-state index in [1.807, 2.05) is 51.1 Å². The molecule has 0 aliphatic heterocycles. The number of sulfonamides is 1. The van der Waals surface area contributed by atoms with Crippen LogP contribution in [0.2, 0.25) is 5.02 Å². The van der Waals surface area contributed by atoms with Crippen molar-refractivity contribution in [2.75, 3.05) is 17.5 Å². The van der Waals surface area contributed by atoms with Crippen LogP contribution in [0.3, 0.4) is 0 Å². The lowest BCUT2D eigenvalue weighted by Gasteiger charge is -2.34. The molecular formula is C35H37BrClN3O5S. The van der Waals surface area contributed by atoms with Gasteiger partial charge in [-0.15, -0.1) is 0 Å². The van der Waals surface area contributed by atoms with E-state index >= 15 is 0 Å². The van der Waals surface area contributed by atoms with Crippen molar-refractivity contribution in [3.63, 3.8) is 0 Å². The number of amides is 2. The topological polar surface area (TPSA) is 96.0 Å². The van der Waals surface area contributed by atoms with E-state index in [1.54, 1.807) is 60.7 Å². The zero-order chi connectivity index (χ0) is 33.3. The summed E-state index contributed by atoms with van der Waals surface area (Å²) in [5, 5.41) is 3.48. The second-order valence-electron chi connectivity index (χ2n) is 10.9. The molecule has 0 fully saturated rings. The molecule has 0 aromatic heterocycles. The summed E-state index contributed by atoms with van der Waals surface area (Å²) in [4.78, 5) is 29.7. The van der Waals surface area contributed by atoms with Crippen molar-refractivity contribution in [2.45, 2.75) is 50.7 Å². The molecule has 0 bridgehead atoms. The number of hydrogen-bond donors (Lipinski definition) is 1. The molecule has 0 aliphatic rings. The van der Waals surface area contributed by atoms with E-state index in [4.69, 9.17) is 16.3 Å². The highest BCUT2D eigenvalue weighted by molar-refractivity contribution is 9.10. The third-order valence-electron chi connectivity index (χ3n) is 7.08. The summed E-state index contributed by atoms with van der Waals surface area (Å²) < 4.78 is 35.7. The lowest BCUT2D eigenvalue weighted by atomic mass is 10.0. The van der Waals surface area contributed by atoms with Crippen molar-refractivity contribution in [2.24, 2.45) is 0 Å². The van der Waals surface area contributed by atoms with Crippen molar-refractivity contribution < 1.29 is 22.7 Å². The highest BCUT2D eigenvalue weighted by Gasteiger charge is 2.35. The Bertz CT molecular complexity index is 1700. The van der Waals surface area contributed by atoms with E-state index in [1.165, 1.54) is 17.0 Å². The Hall–Kier alpha value is -3.86. The number of benzene rings is 4.